The number of rotatable bonds is 6. The van der Waals surface area contributed by atoms with Gasteiger partial charge in [0.05, 0.1) is 5.69 Å². The highest BCUT2D eigenvalue weighted by atomic mass is 35.5. The summed E-state index contributed by atoms with van der Waals surface area (Å²) in [5, 5.41) is 7.58. The van der Waals surface area contributed by atoms with Crippen LogP contribution in [0.15, 0.2) is 0 Å². The van der Waals surface area contributed by atoms with E-state index in [2.05, 4.69) is 10.4 Å². The van der Waals surface area contributed by atoms with Gasteiger partial charge < -0.3 is 10.1 Å². The first-order valence-corrected chi connectivity index (χ1v) is 9.91. The molecule has 26 heavy (non-hydrogen) atoms. The number of carbonyl (C=O) groups is 2. The monoisotopic (exact) mass is 383 g/mol. The van der Waals surface area contributed by atoms with E-state index in [0.717, 1.165) is 25.7 Å². The van der Waals surface area contributed by atoms with Crippen molar-refractivity contribution in [2.75, 3.05) is 0 Å². The second-order valence-corrected chi connectivity index (χ2v) is 7.93. The highest BCUT2D eigenvalue weighted by Gasteiger charge is 2.27. The van der Waals surface area contributed by atoms with Crippen molar-refractivity contribution in [1.29, 1.82) is 0 Å². The number of halogens is 1. The molecule has 0 aliphatic heterocycles. The number of aryl methyl sites for hydroxylation is 1. The Morgan fingerprint density at radius 3 is 2.42 bits per heavy atom. The fraction of sp³-hybridized carbons (Fsp3) is 0.737. The minimum Gasteiger partial charge on any atom is -0.449 e. The topological polar surface area (TPSA) is 73.2 Å². The van der Waals surface area contributed by atoms with E-state index in [9.17, 15) is 9.59 Å². The smallest absolute Gasteiger partial charge is 0.343 e. The lowest BCUT2D eigenvalue weighted by Gasteiger charge is -2.19. The van der Waals surface area contributed by atoms with Gasteiger partial charge in [-0.1, -0.05) is 51.1 Å². The molecule has 1 fully saturated rings. The fourth-order valence-corrected chi connectivity index (χ4v) is 3.59. The van der Waals surface area contributed by atoms with Crippen LogP contribution in [0.5, 0.6) is 0 Å². The molecule has 2 rings (SSSR count). The van der Waals surface area contributed by atoms with Gasteiger partial charge in [0.2, 0.25) is 0 Å². The molecule has 1 aliphatic carbocycles. The van der Waals surface area contributed by atoms with Crippen LogP contribution in [0.2, 0.25) is 5.15 Å². The average Bonchev–Trinajstić information content (AvgIpc) is 2.73. The molecule has 6 nitrogen and oxygen atoms in total. The van der Waals surface area contributed by atoms with Crippen LogP contribution < -0.4 is 5.32 Å². The molecule has 1 N–H and O–H groups in total. The minimum absolute atomic E-state index is 0.172. The summed E-state index contributed by atoms with van der Waals surface area (Å²) < 4.78 is 6.97. The van der Waals surface area contributed by atoms with Gasteiger partial charge in [0.1, 0.15) is 10.7 Å². The number of esters is 1. The highest BCUT2D eigenvalue weighted by Crippen LogP contribution is 2.22. The van der Waals surface area contributed by atoms with Crippen LogP contribution in [0, 0.1) is 12.8 Å². The van der Waals surface area contributed by atoms with Crippen molar-refractivity contribution in [3.8, 4) is 0 Å². The van der Waals surface area contributed by atoms with Crippen molar-refractivity contribution in [3.05, 3.63) is 16.4 Å². The summed E-state index contributed by atoms with van der Waals surface area (Å²) in [5.41, 5.74) is 0.749. The summed E-state index contributed by atoms with van der Waals surface area (Å²) in [4.78, 5) is 24.9. The van der Waals surface area contributed by atoms with E-state index in [1.54, 1.807) is 18.5 Å². The van der Waals surface area contributed by atoms with Crippen molar-refractivity contribution in [2.45, 2.75) is 84.9 Å². The Kier molecular flexibility index (Phi) is 7.50. The number of nitrogens with zero attached hydrogens (tertiary/aromatic N) is 2. The van der Waals surface area contributed by atoms with Crippen LogP contribution in [-0.2, 0) is 16.1 Å². The molecule has 0 bridgehead atoms. The van der Waals surface area contributed by atoms with Crippen LogP contribution in [0.1, 0.15) is 75.3 Å². The predicted molar refractivity (Wildman–Crippen MR) is 101 cm³/mol. The van der Waals surface area contributed by atoms with Crippen LogP contribution in [-0.4, -0.2) is 33.8 Å². The first kappa shape index (κ1) is 20.7. The standard InChI is InChI=1S/C19H30ClN3O3/c1-12(2)11-23-17(20)16(13(3)22-23)19(25)26-14(4)18(24)21-15-9-7-5-6-8-10-15/h12,14-15H,5-11H2,1-4H3,(H,21,24)/t14-/m1/s1. The quantitative estimate of drug-likeness (QED) is 0.597. The Labute approximate surface area is 160 Å². The summed E-state index contributed by atoms with van der Waals surface area (Å²) in [6, 6.07) is 0.172. The lowest BCUT2D eigenvalue weighted by atomic mass is 10.1. The zero-order chi connectivity index (χ0) is 19.3. The first-order chi connectivity index (χ1) is 12.3. The minimum atomic E-state index is -0.866. The molecule has 0 radical (unpaired) electrons. The zero-order valence-electron chi connectivity index (χ0n) is 16.2. The van der Waals surface area contributed by atoms with Crippen LogP contribution in [0.25, 0.3) is 0 Å². The lowest BCUT2D eigenvalue weighted by Crippen LogP contribution is -2.41. The maximum absolute atomic E-state index is 12.5. The molecule has 0 spiro atoms. The van der Waals surface area contributed by atoms with Gasteiger partial charge in [-0.2, -0.15) is 5.10 Å². The van der Waals surface area contributed by atoms with Gasteiger partial charge in [-0.05, 0) is 32.6 Å². The molecular weight excluding hydrogens is 354 g/mol. The molecule has 1 saturated carbocycles. The summed E-state index contributed by atoms with van der Waals surface area (Å²) in [6.07, 6.45) is 5.80. The normalized spacial score (nSPS) is 17.0. The number of aromatic nitrogens is 2. The number of nitrogens with one attached hydrogen (secondary N) is 1. The van der Waals surface area contributed by atoms with E-state index >= 15 is 0 Å². The Morgan fingerprint density at radius 1 is 1.23 bits per heavy atom. The number of hydrogen-bond donors (Lipinski definition) is 1. The van der Waals surface area contributed by atoms with Gasteiger partial charge in [-0.3, -0.25) is 9.48 Å². The second-order valence-electron chi connectivity index (χ2n) is 7.57. The van der Waals surface area contributed by atoms with E-state index < -0.39 is 12.1 Å². The van der Waals surface area contributed by atoms with Crippen molar-refractivity contribution in [2.24, 2.45) is 5.92 Å². The number of ether oxygens (including phenoxy) is 1. The summed E-state index contributed by atoms with van der Waals surface area (Å²) in [5.74, 6) is -0.514. The third-order valence-electron chi connectivity index (χ3n) is 4.66. The molecule has 1 aliphatic rings. The molecule has 0 saturated heterocycles. The van der Waals surface area contributed by atoms with E-state index in [1.807, 2.05) is 13.8 Å². The molecule has 7 heteroatoms. The molecule has 146 valence electrons. The van der Waals surface area contributed by atoms with Gasteiger partial charge in [-0.25, -0.2) is 4.79 Å². The van der Waals surface area contributed by atoms with Gasteiger partial charge in [0.25, 0.3) is 5.91 Å². The van der Waals surface area contributed by atoms with Crippen molar-refractivity contribution >= 4 is 23.5 Å². The van der Waals surface area contributed by atoms with Gasteiger partial charge in [0.15, 0.2) is 6.10 Å². The van der Waals surface area contributed by atoms with Crippen LogP contribution in [0.3, 0.4) is 0 Å². The highest BCUT2D eigenvalue weighted by molar-refractivity contribution is 6.32. The second kappa shape index (κ2) is 9.40. The Hall–Kier alpha value is -1.56. The Morgan fingerprint density at radius 2 is 1.85 bits per heavy atom. The molecule has 0 unspecified atom stereocenters. The summed E-state index contributed by atoms with van der Waals surface area (Å²) in [7, 11) is 0. The molecule has 1 heterocycles. The zero-order valence-corrected chi connectivity index (χ0v) is 16.9. The van der Waals surface area contributed by atoms with Crippen molar-refractivity contribution < 1.29 is 14.3 Å². The maximum atomic E-state index is 12.5. The van der Waals surface area contributed by atoms with Crippen LogP contribution in [0.4, 0.5) is 0 Å². The SMILES string of the molecule is Cc1nn(CC(C)C)c(Cl)c1C(=O)O[C@H](C)C(=O)NC1CCCCCC1. The van der Waals surface area contributed by atoms with Crippen molar-refractivity contribution in [3.63, 3.8) is 0 Å². The molecule has 1 atom stereocenters. The van der Waals surface area contributed by atoms with E-state index in [4.69, 9.17) is 16.3 Å². The van der Waals surface area contributed by atoms with Gasteiger partial charge in [-0.15, -0.1) is 0 Å². The molecular formula is C19H30ClN3O3. The lowest BCUT2D eigenvalue weighted by molar-refractivity contribution is -0.129. The summed E-state index contributed by atoms with van der Waals surface area (Å²) in [6.45, 7) is 8.02. The molecule has 1 aromatic rings. The fourth-order valence-electron chi connectivity index (χ4n) is 3.27. The Bertz CT molecular complexity index is 634. The van der Waals surface area contributed by atoms with E-state index in [-0.39, 0.29) is 22.7 Å². The van der Waals surface area contributed by atoms with Gasteiger partial charge >= 0.3 is 5.97 Å². The first-order valence-electron chi connectivity index (χ1n) is 9.53. The maximum Gasteiger partial charge on any atom is 0.343 e. The van der Waals surface area contributed by atoms with Crippen molar-refractivity contribution in [1.82, 2.24) is 15.1 Å². The van der Waals surface area contributed by atoms with Crippen LogP contribution >= 0.6 is 11.6 Å². The summed E-state index contributed by atoms with van der Waals surface area (Å²) >= 11 is 6.30. The third-order valence-corrected chi connectivity index (χ3v) is 5.05. The van der Waals surface area contributed by atoms with Gasteiger partial charge in [0, 0.05) is 12.6 Å². The van der Waals surface area contributed by atoms with E-state index in [0.29, 0.717) is 18.2 Å². The number of hydrogen-bond acceptors (Lipinski definition) is 4. The Balaban J connectivity index is 1.97. The number of amides is 1. The molecule has 1 aromatic heterocycles. The van der Waals surface area contributed by atoms with E-state index in [1.165, 1.54) is 12.8 Å². The molecule has 0 aromatic carbocycles. The molecule has 1 amide bonds. The number of carbonyl (C=O) groups excluding carboxylic acids is 2. The largest absolute Gasteiger partial charge is 0.449 e. The third kappa shape index (κ3) is 5.47. The average molecular weight is 384 g/mol. The predicted octanol–water partition coefficient (Wildman–Crippen LogP) is 3.89.